The molecule has 0 radical (unpaired) electrons. The molecule has 0 unspecified atom stereocenters. The molecule has 0 saturated carbocycles. The Morgan fingerprint density at radius 1 is 1.09 bits per heavy atom. The minimum Gasteiger partial charge on any atom is -0.497 e. The number of hydrazone groups is 1. The van der Waals surface area contributed by atoms with Gasteiger partial charge in [-0.2, -0.15) is 5.10 Å². The Balaban J connectivity index is 1.85. The normalized spacial score (nSPS) is 11.2. The van der Waals surface area contributed by atoms with Crippen molar-refractivity contribution in [2.24, 2.45) is 5.10 Å². The third kappa shape index (κ3) is 5.62. The molecular weight excluding hydrogens is 452 g/mol. The maximum absolute atomic E-state index is 12.7. The second kappa shape index (κ2) is 9.78. The van der Waals surface area contributed by atoms with Crippen LogP contribution in [0.3, 0.4) is 0 Å². The van der Waals surface area contributed by atoms with Crippen LogP contribution in [0, 0.1) is 10.1 Å². The van der Waals surface area contributed by atoms with Crippen LogP contribution in [0.1, 0.15) is 15.9 Å². The molecule has 3 aromatic carbocycles. The van der Waals surface area contributed by atoms with Gasteiger partial charge in [0.15, 0.2) is 0 Å². The smallest absolute Gasteiger partial charge is 0.337 e. The number of carboxylic acids is 1. The minimum atomic E-state index is -4.31. The van der Waals surface area contributed by atoms with E-state index in [0.29, 0.717) is 11.3 Å². The Morgan fingerprint density at radius 2 is 1.79 bits per heavy atom. The number of sulfonamides is 1. The lowest BCUT2D eigenvalue weighted by molar-refractivity contribution is -0.384. The van der Waals surface area contributed by atoms with E-state index < -0.39 is 31.5 Å². The van der Waals surface area contributed by atoms with E-state index in [1.807, 2.05) is 0 Å². The number of carbonyl (C=O) groups is 1. The number of hydrogen-bond donors (Lipinski definition) is 3. The predicted octanol–water partition coefficient (Wildman–Crippen LogP) is 3.55. The molecular formula is C21H18N4O7S. The van der Waals surface area contributed by atoms with E-state index in [0.717, 1.165) is 12.1 Å². The Morgan fingerprint density at radius 3 is 2.42 bits per heavy atom. The molecule has 0 heterocycles. The number of rotatable bonds is 9. The number of nitro benzene ring substituents is 1. The van der Waals surface area contributed by atoms with Gasteiger partial charge >= 0.3 is 5.97 Å². The summed E-state index contributed by atoms with van der Waals surface area (Å²) in [5.74, 6) is -0.666. The molecule has 0 aliphatic heterocycles. The van der Waals surface area contributed by atoms with Gasteiger partial charge in [0.05, 0.1) is 34.4 Å². The quantitative estimate of drug-likeness (QED) is 0.243. The lowest BCUT2D eigenvalue weighted by Crippen LogP contribution is -2.16. The van der Waals surface area contributed by atoms with Gasteiger partial charge in [0, 0.05) is 6.07 Å². The zero-order chi connectivity index (χ0) is 24.0. The second-order valence-corrected chi connectivity index (χ2v) is 8.22. The first-order valence-corrected chi connectivity index (χ1v) is 10.8. The molecule has 3 N–H and O–H groups in total. The zero-order valence-electron chi connectivity index (χ0n) is 17.1. The molecule has 0 aromatic heterocycles. The van der Waals surface area contributed by atoms with Crippen molar-refractivity contribution >= 4 is 39.3 Å². The van der Waals surface area contributed by atoms with Gasteiger partial charge in [-0.3, -0.25) is 20.3 Å². The van der Waals surface area contributed by atoms with E-state index in [1.165, 1.54) is 43.7 Å². The van der Waals surface area contributed by atoms with Crippen molar-refractivity contribution in [1.29, 1.82) is 0 Å². The number of hydrogen-bond acceptors (Lipinski definition) is 8. The molecule has 0 atom stereocenters. The summed E-state index contributed by atoms with van der Waals surface area (Å²) in [5, 5.41) is 24.7. The van der Waals surface area contributed by atoms with Crippen LogP contribution in [0.15, 0.2) is 76.7 Å². The van der Waals surface area contributed by atoms with Crippen molar-refractivity contribution in [1.82, 2.24) is 0 Å². The van der Waals surface area contributed by atoms with Gasteiger partial charge < -0.3 is 9.84 Å². The van der Waals surface area contributed by atoms with Gasteiger partial charge in [-0.15, -0.1) is 0 Å². The number of carboxylic acid groups (broad SMARTS) is 1. The fraction of sp³-hybridized carbons (Fsp3) is 0.0476. The third-order valence-electron chi connectivity index (χ3n) is 4.39. The molecule has 0 aliphatic rings. The monoisotopic (exact) mass is 470 g/mol. The predicted molar refractivity (Wildman–Crippen MR) is 122 cm³/mol. The zero-order valence-corrected chi connectivity index (χ0v) is 17.9. The van der Waals surface area contributed by atoms with Crippen LogP contribution < -0.4 is 14.9 Å². The Hall–Kier alpha value is -4.45. The third-order valence-corrected chi connectivity index (χ3v) is 5.76. The molecule has 0 saturated heterocycles. The Bertz CT molecular complexity index is 1320. The molecule has 0 fully saturated rings. The molecule has 11 nitrogen and oxygen atoms in total. The van der Waals surface area contributed by atoms with Crippen molar-refractivity contribution in [3.63, 3.8) is 0 Å². The topological polar surface area (TPSA) is 160 Å². The molecule has 0 amide bonds. The largest absolute Gasteiger partial charge is 0.497 e. The number of methoxy groups -OCH3 is 1. The standard InChI is InChI=1S/C21H18N4O7S/c1-32-15-8-6-14(7-9-15)13-22-23-19-11-10-16(12-20(19)25(28)29)33(30,31)24-18-5-3-2-4-17(18)21(26)27/h2-13,23-24H,1H3,(H,26,27)/b22-13+. The second-order valence-electron chi connectivity index (χ2n) is 6.54. The van der Waals surface area contributed by atoms with Crippen LogP contribution in [0.4, 0.5) is 17.1 Å². The number of para-hydroxylation sites is 1. The Kier molecular flexibility index (Phi) is 6.88. The lowest BCUT2D eigenvalue weighted by Gasteiger charge is -2.11. The summed E-state index contributed by atoms with van der Waals surface area (Å²) in [7, 11) is -2.77. The highest BCUT2D eigenvalue weighted by molar-refractivity contribution is 7.92. The average Bonchev–Trinajstić information content (AvgIpc) is 2.79. The molecule has 12 heteroatoms. The molecule has 0 spiro atoms. The first kappa shape index (κ1) is 23.2. The molecule has 0 bridgehead atoms. The van der Waals surface area contributed by atoms with Gasteiger partial charge in [0.1, 0.15) is 11.4 Å². The fourth-order valence-corrected chi connectivity index (χ4v) is 3.85. The number of aromatic carboxylic acids is 1. The summed E-state index contributed by atoms with van der Waals surface area (Å²) >= 11 is 0. The number of anilines is 2. The van der Waals surface area contributed by atoms with Crippen molar-refractivity contribution in [3.8, 4) is 5.75 Å². The highest BCUT2D eigenvalue weighted by Gasteiger charge is 2.23. The van der Waals surface area contributed by atoms with Crippen molar-refractivity contribution in [3.05, 3.63) is 88.0 Å². The number of nitrogens with zero attached hydrogens (tertiary/aromatic N) is 2. The van der Waals surface area contributed by atoms with Gasteiger partial charge in [-0.05, 0) is 54.1 Å². The van der Waals surface area contributed by atoms with Crippen LogP contribution >= 0.6 is 0 Å². The van der Waals surface area contributed by atoms with Gasteiger partial charge in [0.25, 0.3) is 15.7 Å². The maximum atomic E-state index is 12.7. The molecule has 3 aromatic rings. The van der Waals surface area contributed by atoms with Crippen LogP contribution in [0.2, 0.25) is 0 Å². The number of benzene rings is 3. The molecule has 0 aliphatic carbocycles. The van der Waals surface area contributed by atoms with E-state index in [1.54, 1.807) is 24.3 Å². The minimum absolute atomic E-state index is 0.0327. The van der Waals surface area contributed by atoms with Gasteiger partial charge in [-0.1, -0.05) is 12.1 Å². The van der Waals surface area contributed by atoms with E-state index in [-0.39, 0.29) is 16.9 Å². The van der Waals surface area contributed by atoms with Crippen molar-refractivity contribution in [2.75, 3.05) is 17.3 Å². The average molecular weight is 470 g/mol. The van der Waals surface area contributed by atoms with Crippen LogP contribution in [0.5, 0.6) is 5.75 Å². The summed E-state index contributed by atoms with van der Waals surface area (Å²) in [6.07, 6.45) is 1.43. The van der Waals surface area contributed by atoms with Crippen molar-refractivity contribution in [2.45, 2.75) is 4.90 Å². The number of nitrogens with one attached hydrogen (secondary N) is 2. The molecule has 33 heavy (non-hydrogen) atoms. The van der Waals surface area contributed by atoms with E-state index in [2.05, 4.69) is 15.2 Å². The summed E-state index contributed by atoms with van der Waals surface area (Å²) in [4.78, 5) is 21.7. The SMILES string of the molecule is COc1ccc(/C=N/Nc2ccc(S(=O)(=O)Nc3ccccc3C(=O)O)cc2[N+](=O)[O-])cc1. The highest BCUT2D eigenvalue weighted by Crippen LogP contribution is 2.29. The van der Waals surface area contributed by atoms with Gasteiger partial charge in [0.2, 0.25) is 0 Å². The first-order valence-electron chi connectivity index (χ1n) is 9.28. The van der Waals surface area contributed by atoms with Crippen LogP contribution in [-0.4, -0.2) is 37.7 Å². The summed E-state index contributed by atoms with van der Waals surface area (Å²) in [6, 6.07) is 15.5. The molecule has 170 valence electrons. The molecule has 3 rings (SSSR count). The van der Waals surface area contributed by atoms with Crippen molar-refractivity contribution < 1.29 is 28.0 Å². The number of ether oxygens (including phenoxy) is 1. The van der Waals surface area contributed by atoms with E-state index in [4.69, 9.17) is 4.74 Å². The summed E-state index contributed by atoms with van der Waals surface area (Å²) in [5.41, 5.74) is 2.23. The maximum Gasteiger partial charge on any atom is 0.337 e. The lowest BCUT2D eigenvalue weighted by atomic mass is 10.2. The van der Waals surface area contributed by atoms with Gasteiger partial charge in [-0.25, -0.2) is 13.2 Å². The Labute approximate surface area is 188 Å². The van der Waals surface area contributed by atoms with Crippen LogP contribution in [0.25, 0.3) is 0 Å². The summed E-state index contributed by atoms with van der Waals surface area (Å²) < 4.78 is 32.7. The van der Waals surface area contributed by atoms with E-state index in [9.17, 15) is 28.4 Å². The van der Waals surface area contributed by atoms with E-state index >= 15 is 0 Å². The summed E-state index contributed by atoms with van der Waals surface area (Å²) in [6.45, 7) is 0. The van der Waals surface area contributed by atoms with Crippen LogP contribution in [-0.2, 0) is 10.0 Å². The highest BCUT2D eigenvalue weighted by atomic mass is 32.2. The fourth-order valence-electron chi connectivity index (χ4n) is 2.75. The first-order chi connectivity index (χ1) is 15.7. The number of nitro groups is 1.